The van der Waals surface area contributed by atoms with Gasteiger partial charge in [0.1, 0.15) is 11.5 Å². The molecule has 0 aliphatic heterocycles. The third-order valence-electron chi connectivity index (χ3n) is 2.94. The second-order valence-electron chi connectivity index (χ2n) is 4.61. The van der Waals surface area contributed by atoms with Gasteiger partial charge in [-0.3, -0.25) is 0 Å². The van der Waals surface area contributed by atoms with Gasteiger partial charge < -0.3 is 14.4 Å². The highest BCUT2D eigenvalue weighted by molar-refractivity contribution is 9.10. The van der Waals surface area contributed by atoms with Crippen LogP contribution in [0.4, 0.5) is 0 Å². The molecule has 0 N–H and O–H groups in total. The van der Waals surface area contributed by atoms with E-state index in [1.165, 1.54) is 0 Å². The number of halogens is 1. The molecule has 0 aromatic heterocycles. The largest absolute Gasteiger partial charge is 0.496 e. The molecule has 1 unspecified atom stereocenters. The minimum Gasteiger partial charge on any atom is -0.496 e. The first-order valence-electron chi connectivity index (χ1n) is 5.95. The average molecular weight is 314 g/mol. The van der Waals surface area contributed by atoms with Crippen molar-refractivity contribution in [1.29, 1.82) is 0 Å². The number of methoxy groups -OCH3 is 1. The Morgan fingerprint density at radius 1 is 1.44 bits per heavy atom. The number of hydrogen-bond donors (Lipinski definition) is 0. The van der Waals surface area contributed by atoms with Crippen LogP contribution in [0.25, 0.3) is 0 Å². The molecular weight excluding hydrogens is 294 g/mol. The summed E-state index contributed by atoms with van der Waals surface area (Å²) in [5.74, 6) is 1.08. The first kappa shape index (κ1) is 15.2. The van der Waals surface area contributed by atoms with E-state index in [2.05, 4.69) is 26.9 Å². The summed E-state index contributed by atoms with van der Waals surface area (Å²) in [6, 6.07) is 6.15. The monoisotopic (exact) mass is 313 g/mol. The SMILES string of the molecule is COc1ccc(Br)cc1C(CCC(C)=O)N(C)C. The molecule has 3 nitrogen and oxygen atoms in total. The zero-order chi connectivity index (χ0) is 13.7. The van der Waals surface area contributed by atoms with Crippen LogP contribution in [-0.4, -0.2) is 31.9 Å². The first-order chi connectivity index (χ1) is 8.45. The predicted octanol–water partition coefficient (Wildman–Crippen LogP) is 3.43. The summed E-state index contributed by atoms with van der Waals surface area (Å²) in [4.78, 5) is 13.3. The Morgan fingerprint density at radius 2 is 2.11 bits per heavy atom. The fraction of sp³-hybridized carbons (Fsp3) is 0.500. The molecule has 0 fully saturated rings. The minimum atomic E-state index is 0.182. The molecule has 1 aromatic carbocycles. The van der Waals surface area contributed by atoms with E-state index in [0.29, 0.717) is 6.42 Å². The maximum absolute atomic E-state index is 11.2. The molecule has 0 aliphatic carbocycles. The number of hydrogen-bond acceptors (Lipinski definition) is 3. The zero-order valence-corrected chi connectivity index (χ0v) is 13.0. The van der Waals surface area contributed by atoms with E-state index in [9.17, 15) is 4.79 Å². The number of ketones is 1. The zero-order valence-electron chi connectivity index (χ0n) is 11.4. The van der Waals surface area contributed by atoms with Gasteiger partial charge in [0, 0.05) is 22.5 Å². The molecule has 0 saturated heterocycles. The number of benzene rings is 1. The van der Waals surface area contributed by atoms with Gasteiger partial charge in [-0.25, -0.2) is 0 Å². The maximum atomic E-state index is 11.2. The smallest absolute Gasteiger partial charge is 0.129 e. The van der Waals surface area contributed by atoms with Crippen LogP contribution in [0, 0.1) is 0 Å². The summed E-state index contributed by atoms with van der Waals surface area (Å²) < 4.78 is 6.43. The molecule has 1 rings (SSSR count). The quantitative estimate of drug-likeness (QED) is 0.806. The number of ether oxygens (including phenoxy) is 1. The van der Waals surface area contributed by atoms with Crippen LogP contribution in [-0.2, 0) is 4.79 Å². The highest BCUT2D eigenvalue weighted by atomic mass is 79.9. The van der Waals surface area contributed by atoms with Crippen molar-refractivity contribution in [2.75, 3.05) is 21.2 Å². The van der Waals surface area contributed by atoms with E-state index in [0.717, 1.165) is 22.2 Å². The van der Waals surface area contributed by atoms with Crippen molar-refractivity contribution in [3.63, 3.8) is 0 Å². The topological polar surface area (TPSA) is 29.5 Å². The van der Waals surface area contributed by atoms with Gasteiger partial charge in [-0.05, 0) is 45.6 Å². The van der Waals surface area contributed by atoms with Gasteiger partial charge in [0.05, 0.1) is 7.11 Å². The van der Waals surface area contributed by atoms with Crippen molar-refractivity contribution < 1.29 is 9.53 Å². The van der Waals surface area contributed by atoms with Crippen LogP contribution in [0.2, 0.25) is 0 Å². The second kappa shape index (κ2) is 6.90. The predicted molar refractivity (Wildman–Crippen MR) is 77.0 cm³/mol. The van der Waals surface area contributed by atoms with Crippen molar-refractivity contribution >= 4 is 21.7 Å². The van der Waals surface area contributed by atoms with Gasteiger partial charge in [0.2, 0.25) is 0 Å². The van der Waals surface area contributed by atoms with Crippen molar-refractivity contribution in [2.45, 2.75) is 25.8 Å². The third kappa shape index (κ3) is 4.10. The molecule has 0 bridgehead atoms. The highest BCUT2D eigenvalue weighted by Gasteiger charge is 2.19. The van der Waals surface area contributed by atoms with Gasteiger partial charge in [0.15, 0.2) is 0 Å². The number of Topliss-reactive ketones (excluding diaryl/α,β-unsaturated/α-hetero) is 1. The Kier molecular flexibility index (Phi) is 5.82. The fourth-order valence-electron chi connectivity index (χ4n) is 2.00. The van der Waals surface area contributed by atoms with Crippen molar-refractivity contribution in [2.24, 2.45) is 0 Å². The molecule has 18 heavy (non-hydrogen) atoms. The molecule has 0 saturated carbocycles. The molecule has 0 amide bonds. The van der Waals surface area contributed by atoms with Crippen molar-refractivity contribution in [1.82, 2.24) is 4.90 Å². The van der Waals surface area contributed by atoms with E-state index in [1.807, 2.05) is 26.2 Å². The molecule has 0 heterocycles. The number of rotatable bonds is 6. The Balaban J connectivity index is 3.04. The van der Waals surface area contributed by atoms with E-state index in [-0.39, 0.29) is 11.8 Å². The molecular formula is C14H20BrNO2. The number of carbonyl (C=O) groups is 1. The molecule has 1 atom stereocenters. The summed E-state index contributed by atoms with van der Waals surface area (Å²) in [6.45, 7) is 1.63. The lowest BCUT2D eigenvalue weighted by atomic mass is 9.99. The molecule has 100 valence electrons. The van der Waals surface area contributed by atoms with Crippen LogP contribution in [0.1, 0.15) is 31.4 Å². The van der Waals surface area contributed by atoms with E-state index in [1.54, 1.807) is 14.0 Å². The Morgan fingerprint density at radius 3 is 2.61 bits per heavy atom. The first-order valence-corrected chi connectivity index (χ1v) is 6.74. The minimum absolute atomic E-state index is 0.182. The Hall–Kier alpha value is -0.870. The van der Waals surface area contributed by atoms with Gasteiger partial charge >= 0.3 is 0 Å². The fourth-order valence-corrected chi connectivity index (χ4v) is 2.38. The van der Waals surface area contributed by atoms with Gasteiger partial charge in [0.25, 0.3) is 0 Å². The molecule has 0 aliphatic rings. The third-order valence-corrected chi connectivity index (χ3v) is 3.44. The lowest BCUT2D eigenvalue weighted by Crippen LogP contribution is -2.21. The van der Waals surface area contributed by atoms with Crippen LogP contribution in [0.5, 0.6) is 5.75 Å². The molecule has 1 aromatic rings. The summed E-state index contributed by atoms with van der Waals surface area (Å²) >= 11 is 3.48. The normalized spacial score (nSPS) is 12.6. The standard InChI is InChI=1S/C14H20BrNO2/c1-10(17)5-7-13(16(2)3)12-9-11(15)6-8-14(12)18-4/h6,8-9,13H,5,7H2,1-4H3. The van der Waals surface area contributed by atoms with E-state index < -0.39 is 0 Å². The summed E-state index contributed by atoms with van der Waals surface area (Å²) in [5, 5.41) is 0. The van der Waals surface area contributed by atoms with Crippen LogP contribution in [0.15, 0.2) is 22.7 Å². The van der Waals surface area contributed by atoms with E-state index >= 15 is 0 Å². The van der Waals surface area contributed by atoms with Crippen LogP contribution < -0.4 is 4.74 Å². The van der Waals surface area contributed by atoms with Gasteiger partial charge in [-0.1, -0.05) is 15.9 Å². The van der Waals surface area contributed by atoms with Crippen LogP contribution >= 0.6 is 15.9 Å². The highest BCUT2D eigenvalue weighted by Crippen LogP contribution is 2.33. The van der Waals surface area contributed by atoms with E-state index in [4.69, 9.17) is 4.74 Å². The van der Waals surface area contributed by atoms with Gasteiger partial charge in [-0.15, -0.1) is 0 Å². The van der Waals surface area contributed by atoms with Gasteiger partial charge in [-0.2, -0.15) is 0 Å². The molecule has 0 spiro atoms. The Labute approximate surface area is 117 Å². The molecule has 4 heteroatoms. The Bertz CT molecular complexity index is 418. The molecule has 0 radical (unpaired) electrons. The summed E-state index contributed by atoms with van der Waals surface area (Å²) in [6.07, 6.45) is 1.38. The maximum Gasteiger partial charge on any atom is 0.129 e. The lowest BCUT2D eigenvalue weighted by molar-refractivity contribution is -0.117. The summed E-state index contributed by atoms with van der Waals surface area (Å²) in [7, 11) is 5.71. The summed E-state index contributed by atoms with van der Waals surface area (Å²) in [5.41, 5.74) is 1.11. The average Bonchev–Trinajstić information content (AvgIpc) is 2.28. The lowest BCUT2D eigenvalue weighted by Gasteiger charge is -2.26. The van der Waals surface area contributed by atoms with Crippen molar-refractivity contribution in [3.8, 4) is 5.75 Å². The second-order valence-corrected chi connectivity index (χ2v) is 5.52. The van der Waals surface area contributed by atoms with Crippen molar-refractivity contribution in [3.05, 3.63) is 28.2 Å². The number of nitrogens with zero attached hydrogens (tertiary/aromatic N) is 1. The van der Waals surface area contributed by atoms with Crippen LogP contribution in [0.3, 0.4) is 0 Å². The number of carbonyl (C=O) groups excluding carboxylic acids is 1.